The number of benzene rings is 1. The van der Waals surface area contributed by atoms with Crippen molar-refractivity contribution in [3.8, 4) is 5.75 Å². The van der Waals surface area contributed by atoms with E-state index in [2.05, 4.69) is 10.1 Å². The lowest BCUT2D eigenvalue weighted by molar-refractivity contribution is -0.0498. The largest absolute Gasteiger partial charge is 0.435 e. The molecule has 0 amide bonds. The highest BCUT2D eigenvalue weighted by atomic mass is 19.3. The Hall–Kier alpha value is -1.20. The lowest BCUT2D eigenvalue weighted by atomic mass is 10.1. The van der Waals surface area contributed by atoms with Gasteiger partial charge in [0.2, 0.25) is 0 Å². The van der Waals surface area contributed by atoms with E-state index >= 15 is 0 Å². The van der Waals surface area contributed by atoms with E-state index in [9.17, 15) is 8.78 Å². The van der Waals surface area contributed by atoms with E-state index in [0.29, 0.717) is 12.6 Å². The zero-order chi connectivity index (χ0) is 13.4. The fourth-order valence-corrected chi connectivity index (χ4v) is 1.58. The van der Waals surface area contributed by atoms with Gasteiger partial charge in [-0.05, 0) is 37.5 Å². The zero-order valence-corrected chi connectivity index (χ0v) is 10.4. The molecule has 0 spiro atoms. The van der Waals surface area contributed by atoms with Crippen molar-refractivity contribution in [1.29, 1.82) is 0 Å². The molecule has 0 saturated carbocycles. The molecule has 0 bridgehead atoms. The van der Waals surface area contributed by atoms with Crippen molar-refractivity contribution in [1.82, 2.24) is 5.32 Å². The molecule has 0 radical (unpaired) electrons. The minimum absolute atomic E-state index is 0.169. The first kappa shape index (κ1) is 14.9. The minimum Gasteiger partial charge on any atom is -0.435 e. The summed E-state index contributed by atoms with van der Waals surface area (Å²) < 4.78 is 28.1. The van der Waals surface area contributed by atoms with E-state index < -0.39 is 6.61 Å². The first-order valence-electron chi connectivity index (χ1n) is 6.00. The van der Waals surface area contributed by atoms with Gasteiger partial charge >= 0.3 is 6.61 Å². The molecule has 0 aliphatic carbocycles. The van der Waals surface area contributed by atoms with Crippen molar-refractivity contribution in [2.45, 2.75) is 39.0 Å². The summed E-state index contributed by atoms with van der Waals surface area (Å²) in [5, 5.41) is 12.0. The molecule has 1 aromatic rings. The van der Waals surface area contributed by atoms with Crippen LogP contribution in [0.15, 0.2) is 24.3 Å². The summed E-state index contributed by atoms with van der Waals surface area (Å²) in [5.41, 5.74) is 1.01. The molecule has 0 aromatic heterocycles. The number of hydrogen-bond donors (Lipinski definition) is 2. The Morgan fingerprint density at radius 2 is 1.94 bits per heavy atom. The predicted octanol–water partition coefficient (Wildman–Crippen LogP) is 2.54. The first-order valence-corrected chi connectivity index (χ1v) is 6.00. The molecular formula is C13H19F2NO2. The Bertz CT molecular complexity index is 330. The van der Waals surface area contributed by atoms with E-state index in [4.69, 9.17) is 5.11 Å². The smallest absolute Gasteiger partial charge is 0.387 e. The van der Waals surface area contributed by atoms with Crippen LogP contribution in [-0.4, -0.2) is 24.4 Å². The normalized spacial score (nSPS) is 12.7. The third kappa shape index (κ3) is 5.93. The fraction of sp³-hybridized carbons (Fsp3) is 0.538. The van der Waals surface area contributed by atoms with Gasteiger partial charge in [-0.3, -0.25) is 0 Å². The lowest BCUT2D eigenvalue weighted by Crippen LogP contribution is -2.25. The van der Waals surface area contributed by atoms with Gasteiger partial charge in [0.25, 0.3) is 0 Å². The predicted molar refractivity (Wildman–Crippen MR) is 65.7 cm³/mol. The number of ether oxygens (including phenoxy) is 1. The van der Waals surface area contributed by atoms with Crippen molar-refractivity contribution in [3.05, 3.63) is 29.8 Å². The van der Waals surface area contributed by atoms with Gasteiger partial charge in [0.15, 0.2) is 0 Å². The van der Waals surface area contributed by atoms with Gasteiger partial charge in [-0.25, -0.2) is 0 Å². The second-order valence-corrected chi connectivity index (χ2v) is 4.17. The number of rotatable bonds is 8. The van der Waals surface area contributed by atoms with E-state index in [1.54, 1.807) is 12.1 Å². The lowest BCUT2D eigenvalue weighted by Gasteiger charge is -2.13. The third-order valence-electron chi connectivity index (χ3n) is 2.60. The molecule has 3 nitrogen and oxygen atoms in total. The maximum Gasteiger partial charge on any atom is 0.387 e. The Morgan fingerprint density at radius 1 is 1.28 bits per heavy atom. The number of halogens is 2. The maximum atomic E-state index is 11.9. The van der Waals surface area contributed by atoms with Crippen LogP contribution in [0, 0.1) is 0 Å². The average molecular weight is 259 g/mol. The molecule has 0 heterocycles. The summed E-state index contributed by atoms with van der Waals surface area (Å²) in [7, 11) is 0. The fourth-order valence-electron chi connectivity index (χ4n) is 1.58. The van der Waals surface area contributed by atoms with Gasteiger partial charge in [-0.15, -0.1) is 0 Å². The molecule has 1 rings (SSSR count). The highest BCUT2D eigenvalue weighted by molar-refractivity contribution is 5.27. The Kier molecular flexibility index (Phi) is 6.60. The summed E-state index contributed by atoms with van der Waals surface area (Å²) in [6, 6.07) is 6.88. The van der Waals surface area contributed by atoms with Crippen molar-refractivity contribution < 1.29 is 18.6 Å². The number of alkyl halides is 2. The van der Waals surface area contributed by atoms with Crippen molar-refractivity contribution in [3.63, 3.8) is 0 Å². The van der Waals surface area contributed by atoms with Gasteiger partial charge < -0.3 is 15.2 Å². The average Bonchev–Trinajstić information content (AvgIpc) is 2.35. The van der Waals surface area contributed by atoms with Crippen LogP contribution in [0.4, 0.5) is 8.78 Å². The molecule has 5 heteroatoms. The van der Waals surface area contributed by atoms with Crippen LogP contribution in [-0.2, 0) is 6.54 Å². The van der Waals surface area contributed by atoms with Crippen molar-refractivity contribution in [2.24, 2.45) is 0 Å². The Balaban J connectivity index is 2.34. The zero-order valence-electron chi connectivity index (χ0n) is 10.4. The van der Waals surface area contributed by atoms with Crippen LogP contribution in [0.1, 0.15) is 25.3 Å². The SMILES string of the molecule is CC(CCCO)NCc1ccc(OC(F)F)cc1. The van der Waals surface area contributed by atoms with Crippen molar-refractivity contribution in [2.75, 3.05) is 6.61 Å². The minimum atomic E-state index is -2.78. The summed E-state index contributed by atoms with van der Waals surface area (Å²) in [5.74, 6) is 0.169. The number of aliphatic hydroxyl groups excluding tert-OH is 1. The second-order valence-electron chi connectivity index (χ2n) is 4.17. The first-order chi connectivity index (χ1) is 8.61. The van der Waals surface area contributed by atoms with Gasteiger partial charge in [-0.2, -0.15) is 8.78 Å². The molecule has 0 aliphatic rings. The van der Waals surface area contributed by atoms with Crippen LogP contribution in [0.3, 0.4) is 0 Å². The van der Waals surface area contributed by atoms with Gasteiger partial charge in [0, 0.05) is 19.2 Å². The van der Waals surface area contributed by atoms with E-state index in [1.165, 1.54) is 12.1 Å². The second kappa shape index (κ2) is 8.00. The Labute approximate surface area is 106 Å². The molecule has 0 saturated heterocycles. The molecule has 1 aromatic carbocycles. The topological polar surface area (TPSA) is 41.5 Å². The van der Waals surface area contributed by atoms with E-state index in [0.717, 1.165) is 18.4 Å². The molecule has 0 fully saturated rings. The number of aliphatic hydroxyl groups is 1. The quantitative estimate of drug-likeness (QED) is 0.754. The number of nitrogens with one attached hydrogen (secondary N) is 1. The third-order valence-corrected chi connectivity index (χ3v) is 2.60. The molecule has 0 aliphatic heterocycles. The highest BCUT2D eigenvalue weighted by Gasteiger charge is 2.04. The molecular weight excluding hydrogens is 240 g/mol. The molecule has 18 heavy (non-hydrogen) atoms. The molecule has 1 atom stereocenters. The van der Waals surface area contributed by atoms with Crippen LogP contribution < -0.4 is 10.1 Å². The summed E-state index contributed by atoms with van der Waals surface area (Å²) >= 11 is 0. The summed E-state index contributed by atoms with van der Waals surface area (Å²) in [6.07, 6.45) is 1.68. The molecule has 2 N–H and O–H groups in total. The molecule has 102 valence electrons. The van der Waals surface area contributed by atoms with E-state index in [1.807, 2.05) is 6.92 Å². The van der Waals surface area contributed by atoms with Gasteiger partial charge in [0.1, 0.15) is 5.75 Å². The number of hydrogen-bond acceptors (Lipinski definition) is 3. The summed E-state index contributed by atoms with van der Waals surface area (Å²) in [6.45, 7) is 0.129. The van der Waals surface area contributed by atoms with Gasteiger partial charge in [-0.1, -0.05) is 12.1 Å². The maximum absolute atomic E-state index is 11.9. The van der Waals surface area contributed by atoms with Crippen LogP contribution >= 0.6 is 0 Å². The van der Waals surface area contributed by atoms with Gasteiger partial charge in [0.05, 0.1) is 0 Å². The summed E-state index contributed by atoms with van der Waals surface area (Å²) in [4.78, 5) is 0. The standard InChI is InChI=1S/C13H19F2NO2/c1-10(3-2-8-17)16-9-11-4-6-12(7-5-11)18-13(14)15/h4-7,10,13,16-17H,2-3,8-9H2,1H3. The highest BCUT2D eigenvalue weighted by Crippen LogP contribution is 2.14. The molecule has 1 unspecified atom stereocenters. The van der Waals surface area contributed by atoms with Crippen LogP contribution in [0.5, 0.6) is 5.75 Å². The Morgan fingerprint density at radius 3 is 2.50 bits per heavy atom. The monoisotopic (exact) mass is 259 g/mol. The van der Waals surface area contributed by atoms with Crippen LogP contribution in [0.25, 0.3) is 0 Å². The van der Waals surface area contributed by atoms with Crippen LogP contribution in [0.2, 0.25) is 0 Å². The van der Waals surface area contributed by atoms with Crippen molar-refractivity contribution >= 4 is 0 Å². The van der Waals surface area contributed by atoms with E-state index in [-0.39, 0.29) is 12.4 Å².